The molecule has 0 aliphatic rings. The molecule has 2 aromatic rings. The van der Waals surface area contributed by atoms with Crippen molar-refractivity contribution in [3.63, 3.8) is 0 Å². The van der Waals surface area contributed by atoms with Crippen LogP contribution in [-0.2, 0) is 6.54 Å². The molecular weight excluding hydrogens is 258 g/mol. The molecule has 1 heterocycles. The van der Waals surface area contributed by atoms with E-state index < -0.39 is 0 Å². The van der Waals surface area contributed by atoms with E-state index in [4.69, 9.17) is 11.6 Å². The minimum Gasteiger partial charge on any atom is -0.308 e. The van der Waals surface area contributed by atoms with Crippen LogP contribution in [0.2, 0.25) is 5.15 Å². The molecule has 0 saturated heterocycles. The van der Waals surface area contributed by atoms with Gasteiger partial charge in [-0.1, -0.05) is 29.8 Å². The second kappa shape index (κ2) is 6.33. The van der Waals surface area contributed by atoms with E-state index in [9.17, 15) is 0 Å². The van der Waals surface area contributed by atoms with E-state index >= 15 is 0 Å². The van der Waals surface area contributed by atoms with Crippen molar-refractivity contribution in [3.8, 4) is 0 Å². The van der Waals surface area contributed by atoms with Crippen LogP contribution in [-0.4, -0.2) is 49.0 Å². The summed E-state index contributed by atoms with van der Waals surface area (Å²) in [5.41, 5.74) is 2.04. The lowest BCUT2D eigenvalue weighted by Crippen LogP contribution is -2.28. The summed E-state index contributed by atoms with van der Waals surface area (Å²) in [7, 11) is 6.27. The fourth-order valence-corrected chi connectivity index (χ4v) is 2.19. The van der Waals surface area contributed by atoms with Crippen LogP contribution in [0.15, 0.2) is 30.3 Å². The van der Waals surface area contributed by atoms with Gasteiger partial charge >= 0.3 is 0 Å². The van der Waals surface area contributed by atoms with E-state index in [-0.39, 0.29) is 0 Å². The zero-order valence-corrected chi connectivity index (χ0v) is 12.5. The molecule has 102 valence electrons. The first-order valence-electron chi connectivity index (χ1n) is 6.43. The number of hydrogen-bond acceptors (Lipinski definition) is 3. The number of halogens is 1. The van der Waals surface area contributed by atoms with Gasteiger partial charge < -0.3 is 9.80 Å². The average molecular weight is 278 g/mol. The Balaban J connectivity index is 2.13. The van der Waals surface area contributed by atoms with Crippen molar-refractivity contribution in [2.24, 2.45) is 0 Å². The quantitative estimate of drug-likeness (QED) is 0.784. The van der Waals surface area contributed by atoms with Gasteiger partial charge in [-0.15, -0.1) is 0 Å². The summed E-state index contributed by atoms with van der Waals surface area (Å²) in [6.07, 6.45) is 0. The SMILES string of the molecule is CN(C)CCN(C)Cc1cc2ccccc2nc1Cl. The number of nitrogens with zero attached hydrogens (tertiary/aromatic N) is 3. The molecule has 0 aliphatic heterocycles. The highest BCUT2D eigenvalue weighted by Crippen LogP contribution is 2.21. The Bertz CT molecular complexity index is 554. The topological polar surface area (TPSA) is 19.4 Å². The molecule has 0 fully saturated rings. The van der Waals surface area contributed by atoms with Crippen LogP contribution in [0.25, 0.3) is 10.9 Å². The molecule has 2 rings (SSSR count). The zero-order chi connectivity index (χ0) is 13.8. The first-order valence-corrected chi connectivity index (χ1v) is 6.81. The molecule has 0 saturated carbocycles. The lowest BCUT2D eigenvalue weighted by atomic mass is 10.1. The van der Waals surface area contributed by atoms with Crippen molar-refractivity contribution in [2.45, 2.75) is 6.54 Å². The third-order valence-electron chi connectivity index (χ3n) is 3.12. The molecular formula is C15H20ClN3. The zero-order valence-electron chi connectivity index (χ0n) is 11.7. The van der Waals surface area contributed by atoms with Gasteiger partial charge in [-0.2, -0.15) is 0 Å². The van der Waals surface area contributed by atoms with Crippen LogP contribution >= 0.6 is 11.6 Å². The molecule has 0 radical (unpaired) electrons. The minimum absolute atomic E-state index is 0.607. The standard InChI is InChI=1S/C15H20ClN3/c1-18(2)8-9-19(3)11-13-10-12-6-4-5-7-14(12)17-15(13)16/h4-7,10H,8-9,11H2,1-3H3. The maximum absolute atomic E-state index is 6.26. The number of fused-ring (bicyclic) bond motifs is 1. The molecule has 0 aliphatic carbocycles. The molecule has 0 unspecified atom stereocenters. The maximum Gasteiger partial charge on any atom is 0.134 e. The average Bonchev–Trinajstić information content (AvgIpc) is 2.37. The summed E-state index contributed by atoms with van der Waals surface area (Å²) < 4.78 is 0. The van der Waals surface area contributed by atoms with Gasteiger partial charge in [0.2, 0.25) is 0 Å². The van der Waals surface area contributed by atoms with Gasteiger partial charge in [-0.25, -0.2) is 4.98 Å². The summed E-state index contributed by atoms with van der Waals surface area (Å²) in [6, 6.07) is 10.2. The molecule has 4 heteroatoms. The highest BCUT2D eigenvalue weighted by atomic mass is 35.5. The Morgan fingerprint density at radius 3 is 2.58 bits per heavy atom. The molecule has 0 spiro atoms. The van der Waals surface area contributed by atoms with Crippen molar-refractivity contribution in [1.82, 2.24) is 14.8 Å². The van der Waals surface area contributed by atoms with Crippen LogP contribution < -0.4 is 0 Å². The Kier molecular flexibility index (Phi) is 4.75. The highest BCUT2D eigenvalue weighted by Gasteiger charge is 2.07. The number of pyridine rings is 1. The predicted molar refractivity (Wildman–Crippen MR) is 81.6 cm³/mol. The second-order valence-electron chi connectivity index (χ2n) is 5.17. The van der Waals surface area contributed by atoms with Gasteiger partial charge in [-0.3, -0.25) is 0 Å². The van der Waals surface area contributed by atoms with Gasteiger partial charge in [0.25, 0.3) is 0 Å². The number of likely N-dealkylation sites (N-methyl/N-ethyl adjacent to an activating group) is 2. The third kappa shape index (κ3) is 3.90. The summed E-state index contributed by atoms with van der Waals surface area (Å²) in [4.78, 5) is 8.89. The predicted octanol–water partition coefficient (Wildman–Crippen LogP) is 2.88. The second-order valence-corrected chi connectivity index (χ2v) is 5.53. The Morgan fingerprint density at radius 2 is 1.84 bits per heavy atom. The van der Waals surface area contributed by atoms with Crippen LogP contribution in [0.3, 0.4) is 0 Å². The molecule has 0 amide bonds. The smallest absolute Gasteiger partial charge is 0.134 e. The molecule has 0 atom stereocenters. The van der Waals surface area contributed by atoms with Gasteiger partial charge in [0, 0.05) is 30.6 Å². The van der Waals surface area contributed by atoms with Gasteiger partial charge in [0.1, 0.15) is 5.15 Å². The van der Waals surface area contributed by atoms with Crippen molar-refractivity contribution < 1.29 is 0 Å². The molecule has 1 aromatic heterocycles. The Morgan fingerprint density at radius 1 is 1.11 bits per heavy atom. The number of aromatic nitrogens is 1. The minimum atomic E-state index is 0.607. The first kappa shape index (κ1) is 14.3. The summed E-state index contributed by atoms with van der Waals surface area (Å²) in [6.45, 7) is 2.87. The van der Waals surface area contributed by atoms with Crippen LogP contribution in [0.1, 0.15) is 5.56 Å². The van der Waals surface area contributed by atoms with Crippen molar-refractivity contribution in [2.75, 3.05) is 34.2 Å². The fourth-order valence-electron chi connectivity index (χ4n) is 1.99. The van der Waals surface area contributed by atoms with E-state index in [1.807, 2.05) is 18.2 Å². The van der Waals surface area contributed by atoms with E-state index in [0.717, 1.165) is 36.1 Å². The summed E-state index contributed by atoms with van der Waals surface area (Å²) >= 11 is 6.26. The van der Waals surface area contributed by atoms with E-state index in [1.165, 1.54) is 0 Å². The van der Waals surface area contributed by atoms with Gasteiger partial charge in [0.05, 0.1) is 5.52 Å². The number of benzene rings is 1. The van der Waals surface area contributed by atoms with Crippen molar-refractivity contribution >= 4 is 22.5 Å². The number of para-hydroxylation sites is 1. The fraction of sp³-hybridized carbons (Fsp3) is 0.400. The van der Waals surface area contributed by atoms with E-state index in [2.05, 4.69) is 48.1 Å². The lowest BCUT2D eigenvalue weighted by Gasteiger charge is -2.19. The number of rotatable bonds is 5. The monoisotopic (exact) mass is 277 g/mol. The Labute approximate surface area is 119 Å². The highest BCUT2D eigenvalue weighted by molar-refractivity contribution is 6.30. The summed E-state index contributed by atoms with van der Waals surface area (Å²) in [5, 5.41) is 1.75. The molecule has 0 bridgehead atoms. The van der Waals surface area contributed by atoms with Crippen LogP contribution in [0.5, 0.6) is 0 Å². The van der Waals surface area contributed by atoms with Gasteiger partial charge in [-0.05, 0) is 33.3 Å². The summed E-state index contributed by atoms with van der Waals surface area (Å²) in [5.74, 6) is 0. The largest absolute Gasteiger partial charge is 0.308 e. The van der Waals surface area contributed by atoms with Crippen LogP contribution in [0, 0.1) is 0 Å². The van der Waals surface area contributed by atoms with E-state index in [1.54, 1.807) is 0 Å². The normalized spacial score (nSPS) is 11.7. The van der Waals surface area contributed by atoms with Crippen molar-refractivity contribution in [3.05, 3.63) is 41.0 Å². The van der Waals surface area contributed by atoms with Gasteiger partial charge in [0.15, 0.2) is 0 Å². The van der Waals surface area contributed by atoms with Crippen molar-refractivity contribution in [1.29, 1.82) is 0 Å². The third-order valence-corrected chi connectivity index (χ3v) is 3.45. The maximum atomic E-state index is 6.26. The van der Waals surface area contributed by atoms with E-state index in [0.29, 0.717) is 5.15 Å². The number of hydrogen-bond donors (Lipinski definition) is 0. The molecule has 0 N–H and O–H groups in total. The van der Waals surface area contributed by atoms with Crippen LogP contribution in [0.4, 0.5) is 0 Å². The molecule has 1 aromatic carbocycles. The Hall–Kier alpha value is -1.16. The first-order chi connectivity index (χ1) is 9.06. The molecule has 3 nitrogen and oxygen atoms in total. The molecule has 19 heavy (non-hydrogen) atoms. The lowest BCUT2D eigenvalue weighted by molar-refractivity contribution is 0.276.